The highest BCUT2D eigenvalue weighted by Crippen LogP contribution is 2.28. The van der Waals surface area contributed by atoms with Crippen molar-refractivity contribution in [3.8, 4) is 22.4 Å². The van der Waals surface area contributed by atoms with Crippen LogP contribution in [0.3, 0.4) is 0 Å². The van der Waals surface area contributed by atoms with Crippen LogP contribution in [0.15, 0.2) is 72.9 Å². The van der Waals surface area contributed by atoms with E-state index in [2.05, 4.69) is 17.1 Å². The number of ketones is 1. The van der Waals surface area contributed by atoms with Crippen molar-refractivity contribution in [3.63, 3.8) is 0 Å². The van der Waals surface area contributed by atoms with Crippen LogP contribution < -0.4 is 0 Å². The number of aromatic nitrogens is 1. The van der Waals surface area contributed by atoms with Crippen molar-refractivity contribution in [1.82, 2.24) is 4.98 Å². The van der Waals surface area contributed by atoms with E-state index in [4.69, 9.17) is 0 Å². The summed E-state index contributed by atoms with van der Waals surface area (Å²) in [5.41, 5.74) is 4.62. The number of hydrogen-bond acceptors (Lipinski definition) is 2. The molecule has 3 rings (SSSR count). The quantitative estimate of drug-likeness (QED) is 0.652. The monoisotopic (exact) mass is 273 g/mol. The summed E-state index contributed by atoms with van der Waals surface area (Å²) in [6, 6.07) is 21.8. The molecule has 0 atom stereocenters. The molecule has 1 heterocycles. The molecule has 2 aromatic carbocycles. The molecule has 102 valence electrons. The minimum absolute atomic E-state index is 0.0512. The van der Waals surface area contributed by atoms with E-state index in [-0.39, 0.29) is 5.78 Å². The van der Waals surface area contributed by atoms with Crippen molar-refractivity contribution in [2.45, 2.75) is 6.92 Å². The van der Waals surface area contributed by atoms with E-state index in [0.717, 1.165) is 22.4 Å². The van der Waals surface area contributed by atoms with Gasteiger partial charge in [-0.1, -0.05) is 48.5 Å². The molecule has 0 aliphatic heterocycles. The number of hydrogen-bond donors (Lipinski definition) is 0. The highest BCUT2D eigenvalue weighted by atomic mass is 16.1. The van der Waals surface area contributed by atoms with Gasteiger partial charge >= 0.3 is 0 Å². The molecule has 1 aromatic heterocycles. The number of nitrogens with zero attached hydrogens (tertiary/aromatic N) is 1. The number of carbonyl (C=O) groups excluding carboxylic acids is 1. The normalized spacial score (nSPS) is 10.3. The largest absolute Gasteiger partial charge is 0.294 e. The summed E-state index contributed by atoms with van der Waals surface area (Å²) in [5.74, 6) is 0.0512. The number of pyridine rings is 1. The Morgan fingerprint density at radius 2 is 1.62 bits per heavy atom. The van der Waals surface area contributed by atoms with Crippen LogP contribution >= 0.6 is 0 Å². The molecule has 0 unspecified atom stereocenters. The standard InChI is InChI=1S/C19H15NO/c1-14(21)17-11-10-16(15-7-3-2-4-8-15)13-18(17)19-9-5-6-12-20-19/h2-13H,1H3. The third-order valence-electron chi connectivity index (χ3n) is 3.45. The lowest BCUT2D eigenvalue weighted by Gasteiger charge is -2.10. The lowest BCUT2D eigenvalue weighted by atomic mass is 9.95. The van der Waals surface area contributed by atoms with Gasteiger partial charge in [-0.3, -0.25) is 9.78 Å². The molecule has 0 aliphatic rings. The van der Waals surface area contributed by atoms with Crippen molar-refractivity contribution < 1.29 is 4.79 Å². The minimum Gasteiger partial charge on any atom is -0.294 e. The fourth-order valence-electron chi connectivity index (χ4n) is 2.40. The first-order valence-corrected chi connectivity index (χ1v) is 6.87. The smallest absolute Gasteiger partial charge is 0.160 e. The Balaban J connectivity index is 2.18. The highest BCUT2D eigenvalue weighted by Gasteiger charge is 2.11. The third kappa shape index (κ3) is 2.75. The van der Waals surface area contributed by atoms with Crippen LogP contribution in [0.25, 0.3) is 22.4 Å². The van der Waals surface area contributed by atoms with Gasteiger partial charge in [-0.15, -0.1) is 0 Å². The van der Waals surface area contributed by atoms with Crippen molar-refractivity contribution in [2.24, 2.45) is 0 Å². The predicted molar refractivity (Wildman–Crippen MR) is 85.1 cm³/mol. The Labute approximate surface area is 124 Å². The van der Waals surface area contributed by atoms with Gasteiger partial charge in [0, 0.05) is 17.3 Å². The van der Waals surface area contributed by atoms with E-state index in [1.165, 1.54) is 0 Å². The molecule has 0 aliphatic carbocycles. The van der Waals surface area contributed by atoms with Crippen LogP contribution in [-0.2, 0) is 0 Å². The van der Waals surface area contributed by atoms with Gasteiger partial charge in [0.15, 0.2) is 5.78 Å². The van der Waals surface area contributed by atoms with Gasteiger partial charge in [-0.2, -0.15) is 0 Å². The molecule has 0 amide bonds. The second kappa shape index (κ2) is 5.71. The highest BCUT2D eigenvalue weighted by molar-refractivity contribution is 6.01. The first-order valence-electron chi connectivity index (χ1n) is 6.87. The Bertz CT molecular complexity index is 764. The Morgan fingerprint density at radius 1 is 0.857 bits per heavy atom. The predicted octanol–water partition coefficient (Wildman–Crippen LogP) is 4.62. The van der Waals surface area contributed by atoms with Gasteiger partial charge < -0.3 is 0 Å². The minimum atomic E-state index is 0.0512. The molecule has 2 nitrogen and oxygen atoms in total. The number of carbonyl (C=O) groups is 1. The Morgan fingerprint density at radius 3 is 2.29 bits per heavy atom. The van der Waals surface area contributed by atoms with E-state index >= 15 is 0 Å². The van der Waals surface area contributed by atoms with Gasteiger partial charge in [0.05, 0.1) is 5.69 Å². The van der Waals surface area contributed by atoms with Crippen LogP contribution in [0.2, 0.25) is 0 Å². The lowest BCUT2D eigenvalue weighted by Crippen LogP contribution is -1.97. The van der Waals surface area contributed by atoms with Gasteiger partial charge in [-0.25, -0.2) is 0 Å². The van der Waals surface area contributed by atoms with Gasteiger partial charge in [-0.05, 0) is 36.2 Å². The Hall–Kier alpha value is -2.74. The van der Waals surface area contributed by atoms with Crippen molar-refractivity contribution in [3.05, 3.63) is 78.5 Å². The van der Waals surface area contributed by atoms with Crippen LogP contribution in [0, 0.1) is 0 Å². The maximum absolute atomic E-state index is 11.9. The van der Waals surface area contributed by atoms with E-state index in [1.54, 1.807) is 13.1 Å². The van der Waals surface area contributed by atoms with E-state index in [0.29, 0.717) is 5.56 Å². The van der Waals surface area contributed by atoms with Gasteiger partial charge in [0.2, 0.25) is 0 Å². The summed E-state index contributed by atoms with van der Waals surface area (Å²) in [6.45, 7) is 1.59. The fourth-order valence-corrected chi connectivity index (χ4v) is 2.40. The molecule has 0 N–H and O–H groups in total. The summed E-state index contributed by atoms with van der Waals surface area (Å²) in [7, 11) is 0. The van der Waals surface area contributed by atoms with Gasteiger partial charge in [0.25, 0.3) is 0 Å². The molecule has 0 radical (unpaired) electrons. The SMILES string of the molecule is CC(=O)c1ccc(-c2ccccc2)cc1-c1ccccn1. The molecule has 2 heteroatoms. The molecule has 3 aromatic rings. The second-order valence-corrected chi connectivity index (χ2v) is 4.90. The summed E-state index contributed by atoms with van der Waals surface area (Å²) in [5, 5.41) is 0. The van der Waals surface area contributed by atoms with Crippen LogP contribution in [0.4, 0.5) is 0 Å². The molecule has 0 saturated heterocycles. The second-order valence-electron chi connectivity index (χ2n) is 4.90. The third-order valence-corrected chi connectivity index (χ3v) is 3.45. The summed E-state index contributed by atoms with van der Waals surface area (Å²) >= 11 is 0. The first-order chi connectivity index (χ1) is 10.3. The van der Waals surface area contributed by atoms with Crippen molar-refractivity contribution in [2.75, 3.05) is 0 Å². The van der Waals surface area contributed by atoms with Crippen LogP contribution in [0.1, 0.15) is 17.3 Å². The van der Waals surface area contributed by atoms with Crippen LogP contribution in [-0.4, -0.2) is 10.8 Å². The average molecular weight is 273 g/mol. The zero-order valence-electron chi connectivity index (χ0n) is 11.8. The van der Waals surface area contributed by atoms with E-state index in [1.807, 2.05) is 54.6 Å². The average Bonchev–Trinajstić information content (AvgIpc) is 2.56. The van der Waals surface area contributed by atoms with E-state index in [9.17, 15) is 4.79 Å². The first kappa shape index (κ1) is 13.3. The summed E-state index contributed by atoms with van der Waals surface area (Å²) < 4.78 is 0. The van der Waals surface area contributed by atoms with Gasteiger partial charge in [0.1, 0.15) is 0 Å². The van der Waals surface area contributed by atoms with Crippen LogP contribution in [0.5, 0.6) is 0 Å². The fraction of sp³-hybridized carbons (Fsp3) is 0.0526. The maximum Gasteiger partial charge on any atom is 0.160 e. The topological polar surface area (TPSA) is 30.0 Å². The summed E-state index contributed by atoms with van der Waals surface area (Å²) in [4.78, 5) is 16.2. The Kier molecular flexibility index (Phi) is 3.61. The zero-order chi connectivity index (χ0) is 14.7. The lowest BCUT2D eigenvalue weighted by molar-refractivity contribution is 0.101. The summed E-state index contributed by atoms with van der Waals surface area (Å²) in [6.07, 6.45) is 1.74. The molecular weight excluding hydrogens is 258 g/mol. The number of rotatable bonds is 3. The molecule has 0 saturated carbocycles. The number of Topliss-reactive ketones (excluding diaryl/α,β-unsaturated/α-hetero) is 1. The molecule has 0 spiro atoms. The molecular formula is C19H15NO. The maximum atomic E-state index is 11.9. The zero-order valence-corrected chi connectivity index (χ0v) is 11.8. The molecule has 21 heavy (non-hydrogen) atoms. The molecule has 0 fully saturated rings. The molecule has 0 bridgehead atoms. The number of benzene rings is 2. The van der Waals surface area contributed by atoms with Crippen molar-refractivity contribution in [1.29, 1.82) is 0 Å². The van der Waals surface area contributed by atoms with Crippen molar-refractivity contribution >= 4 is 5.78 Å². The van der Waals surface area contributed by atoms with E-state index < -0.39 is 0 Å².